The van der Waals surface area contributed by atoms with Gasteiger partial charge in [0.15, 0.2) is 6.29 Å². The molecule has 2 heterocycles. The molecule has 206 valence electrons. The number of alkyl carbamates (subject to hydrolysis) is 1. The number of hydrogen-bond acceptors (Lipinski definition) is 8. The number of aliphatic hydroxyl groups excluding tert-OH is 1. The molecule has 9 nitrogen and oxygen atoms in total. The number of nitrogens with two attached hydrogens (primary N) is 1. The highest BCUT2D eigenvalue weighted by Gasteiger charge is 2.44. The minimum Gasteiger partial charge on any atom is -0.443 e. The molecule has 0 unspecified atom stereocenters. The van der Waals surface area contributed by atoms with Crippen molar-refractivity contribution in [1.29, 1.82) is 0 Å². The molecular weight excluding hydrogens is 486 g/mol. The number of carbonyl (C=O) groups excluding carboxylic acids is 1. The van der Waals surface area contributed by atoms with E-state index in [4.69, 9.17) is 24.8 Å². The van der Waals surface area contributed by atoms with Gasteiger partial charge in [0, 0.05) is 12.2 Å². The lowest BCUT2D eigenvalue weighted by atomic mass is 10.0. The Morgan fingerprint density at radius 3 is 2.66 bits per heavy atom. The van der Waals surface area contributed by atoms with Crippen LogP contribution in [-0.2, 0) is 32.0 Å². The Labute approximate surface area is 224 Å². The van der Waals surface area contributed by atoms with Crippen molar-refractivity contribution >= 4 is 11.8 Å². The number of benzene rings is 2. The fraction of sp³-hybridized carbons (Fsp3) is 0.552. The first-order chi connectivity index (χ1) is 18.5. The number of nitrogens with zero attached hydrogens (tertiary/aromatic N) is 1. The molecule has 0 radical (unpaired) electrons. The maximum absolute atomic E-state index is 13.0. The SMILES string of the molecule is Nc1cccc(CN(C[C@@H](O)[C@H](Cc2ccccc2)NC(=O)O[C@H]2CO[C@H]3OCC[C@H]32)OC2CCCC2)c1. The monoisotopic (exact) mass is 525 g/mol. The molecule has 3 fully saturated rings. The first kappa shape index (κ1) is 26.9. The van der Waals surface area contributed by atoms with E-state index in [0.717, 1.165) is 43.2 Å². The summed E-state index contributed by atoms with van der Waals surface area (Å²) in [7, 11) is 0. The van der Waals surface area contributed by atoms with E-state index in [0.29, 0.717) is 31.9 Å². The number of carbonyl (C=O) groups is 1. The summed E-state index contributed by atoms with van der Waals surface area (Å²) in [5.41, 5.74) is 8.68. The van der Waals surface area contributed by atoms with Crippen LogP contribution in [0.4, 0.5) is 10.5 Å². The predicted octanol–water partition coefficient (Wildman–Crippen LogP) is 3.40. The maximum atomic E-state index is 13.0. The van der Waals surface area contributed by atoms with Crippen LogP contribution in [0.1, 0.15) is 43.2 Å². The fourth-order valence-corrected chi connectivity index (χ4v) is 5.60. The van der Waals surface area contributed by atoms with Gasteiger partial charge in [0.05, 0.1) is 43.9 Å². The molecule has 1 saturated carbocycles. The summed E-state index contributed by atoms with van der Waals surface area (Å²) in [5.74, 6) is 0.0480. The van der Waals surface area contributed by atoms with Gasteiger partial charge in [-0.1, -0.05) is 55.3 Å². The van der Waals surface area contributed by atoms with Gasteiger partial charge in [-0.3, -0.25) is 4.84 Å². The summed E-state index contributed by atoms with van der Waals surface area (Å²) in [6.45, 7) is 1.62. The quantitative estimate of drug-likeness (QED) is 0.302. The number of aliphatic hydroxyl groups is 1. The predicted molar refractivity (Wildman–Crippen MR) is 142 cm³/mol. The molecule has 1 aliphatic carbocycles. The molecule has 0 bridgehead atoms. The smallest absolute Gasteiger partial charge is 0.407 e. The number of fused-ring (bicyclic) bond motifs is 1. The number of nitrogens with one attached hydrogen (secondary N) is 1. The molecule has 2 aliphatic heterocycles. The highest BCUT2D eigenvalue weighted by molar-refractivity contribution is 5.68. The summed E-state index contributed by atoms with van der Waals surface area (Å²) in [4.78, 5) is 19.3. The lowest BCUT2D eigenvalue weighted by Crippen LogP contribution is -2.50. The van der Waals surface area contributed by atoms with Crippen LogP contribution in [-0.4, -0.2) is 66.7 Å². The Bertz CT molecular complexity index is 1030. The molecule has 9 heteroatoms. The normalized spacial score (nSPS) is 24.8. The van der Waals surface area contributed by atoms with Crippen LogP contribution in [0.15, 0.2) is 54.6 Å². The Balaban J connectivity index is 1.27. The van der Waals surface area contributed by atoms with Crippen molar-refractivity contribution in [2.45, 2.75) is 75.7 Å². The van der Waals surface area contributed by atoms with Crippen LogP contribution in [0.25, 0.3) is 0 Å². The zero-order valence-electron chi connectivity index (χ0n) is 21.7. The van der Waals surface area contributed by atoms with Gasteiger partial charge >= 0.3 is 6.09 Å². The fourth-order valence-electron chi connectivity index (χ4n) is 5.60. The van der Waals surface area contributed by atoms with Crippen molar-refractivity contribution in [2.75, 3.05) is 25.5 Å². The van der Waals surface area contributed by atoms with Gasteiger partial charge in [-0.05, 0) is 48.9 Å². The van der Waals surface area contributed by atoms with Gasteiger partial charge in [-0.15, -0.1) is 0 Å². The third kappa shape index (κ3) is 7.24. The van der Waals surface area contributed by atoms with E-state index in [1.165, 1.54) is 0 Å². The highest BCUT2D eigenvalue weighted by Crippen LogP contribution is 2.33. The molecular formula is C29H39N3O6. The topological polar surface area (TPSA) is 116 Å². The Morgan fingerprint density at radius 2 is 1.87 bits per heavy atom. The lowest BCUT2D eigenvalue weighted by Gasteiger charge is -2.31. The Hall–Kier alpha value is -2.69. The summed E-state index contributed by atoms with van der Waals surface area (Å²) in [5, 5.41) is 16.2. The van der Waals surface area contributed by atoms with Crippen LogP contribution in [0.3, 0.4) is 0 Å². The summed E-state index contributed by atoms with van der Waals surface area (Å²) >= 11 is 0. The van der Waals surface area contributed by atoms with Crippen molar-refractivity contribution in [3.8, 4) is 0 Å². The molecule has 2 aromatic carbocycles. The average molecular weight is 526 g/mol. The minimum atomic E-state index is -0.910. The summed E-state index contributed by atoms with van der Waals surface area (Å²) < 4.78 is 16.9. The average Bonchev–Trinajstić information content (AvgIpc) is 3.65. The van der Waals surface area contributed by atoms with Gasteiger partial charge in [0.1, 0.15) is 6.10 Å². The van der Waals surface area contributed by atoms with Crippen molar-refractivity contribution < 1.29 is 28.9 Å². The molecule has 0 spiro atoms. The molecule has 5 rings (SSSR count). The van der Waals surface area contributed by atoms with Gasteiger partial charge < -0.3 is 30.4 Å². The third-order valence-electron chi connectivity index (χ3n) is 7.61. The maximum Gasteiger partial charge on any atom is 0.407 e. The van der Waals surface area contributed by atoms with E-state index in [1.807, 2.05) is 59.7 Å². The van der Waals surface area contributed by atoms with Crippen molar-refractivity contribution in [3.63, 3.8) is 0 Å². The Kier molecular flexibility index (Phi) is 9.14. The number of rotatable bonds is 11. The van der Waals surface area contributed by atoms with E-state index in [2.05, 4.69) is 5.32 Å². The second-order valence-corrected chi connectivity index (χ2v) is 10.6. The number of amides is 1. The molecule has 2 aromatic rings. The van der Waals surface area contributed by atoms with Crippen molar-refractivity contribution in [2.24, 2.45) is 5.92 Å². The number of nitrogen functional groups attached to an aromatic ring is 1. The molecule has 1 amide bonds. The molecule has 4 N–H and O–H groups in total. The van der Waals surface area contributed by atoms with E-state index in [9.17, 15) is 9.90 Å². The molecule has 0 aromatic heterocycles. The second kappa shape index (κ2) is 12.9. The molecule has 3 aliphatic rings. The minimum absolute atomic E-state index is 0.0480. The van der Waals surface area contributed by atoms with Crippen LogP contribution in [0.2, 0.25) is 0 Å². The number of ether oxygens (including phenoxy) is 3. The van der Waals surface area contributed by atoms with Gasteiger partial charge in [0.2, 0.25) is 0 Å². The third-order valence-corrected chi connectivity index (χ3v) is 7.61. The van der Waals surface area contributed by atoms with Gasteiger partial charge in [-0.25, -0.2) is 4.79 Å². The van der Waals surface area contributed by atoms with Crippen LogP contribution >= 0.6 is 0 Å². The summed E-state index contributed by atoms with van der Waals surface area (Å²) in [6.07, 6.45) is 3.51. The van der Waals surface area contributed by atoms with Crippen molar-refractivity contribution in [3.05, 3.63) is 65.7 Å². The van der Waals surface area contributed by atoms with Crippen LogP contribution < -0.4 is 11.1 Å². The molecule has 5 atom stereocenters. The zero-order chi connectivity index (χ0) is 26.3. The standard InChI is InChI=1S/C29H39N3O6/c30-22-10-6-9-21(15-22)17-32(38-23-11-4-5-12-23)18-26(33)25(16-20-7-2-1-3-8-20)31-29(34)37-27-19-36-28-24(27)13-14-35-28/h1-3,6-10,15,23-28,33H,4-5,11-14,16-19,30H2,(H,31,34)/t24-,25-,26+,27-,28+/m0/s1. The van der Waals surface area contributed by atoms with Crippen molar-refractivity contribution in [1.82, 2.24) is 10.4 Å². The van der Waals surface area contributed by atoms with Gasteiger partial charge in [-0.2, -0.15) is 5.06 Å². The van der Waals surface area contributed by atoms with E-state index < -0.39 is 18.2 Å². The van der Waals surface area contributed by atoms with E-state index >= 15 is 0 Å². The first-order valence-corrected chi connectivity index (χ1v) is 13.7. The molecule has 38 heavy (non-hydrogen) atoms. The summed E-state index contributed by atoms with van der Waals surface area (Å²) in [6, 6.07) is 16.9. The zero-order valence-corrected chi connectivity index (χ0v) is 21.7. The number of hydroxylamine groups is 2. The molecule has 2 saturated heterocycles. The Morgan fingerprint density at radius 1 is 1.08 bits per heavy atom. The van der Waals surface area contributed by atoms with E-state index in [-0.39, 0.29) is 31.0 Å². The second-order valence-electron chi connectivity index (χ2n) is 10.6. The van der Waals surface area contributed by atoms with Crippen LogP contribution in [0.5, 0.6) is 0 Å². The largest absolute Gasteiger partial charge is 0.443 e. The first-order valence-electron chi connectivity index (χ1n) is 13.7. The lowest BCUT2D eigenvalue weighted by molar-refractivity contribution is -0.214. The number of anilines is 1. The highest BCUT2D eigenvalue weighted by atomic mass is 16.7. The number of hydrogen-bond donors (Lipinski definition) is 3. The van der Waals surface area contributed by atoms with E-state index in [1.54, 1.807) is 0 Å². The van der Waals surface area contributed by atoms with Gasteiger partial charge in [0.25, 0.3) is 0 Å². The van der Waals surface area contributed by atoms with Crippen LogP contribution in [0, 0.1) is 5.92 Å².